The Kier molecular flexibility index (Phi) is 6.05. The van der Waals surface area contributed by atoms with Gasteiger partial charge in [0.1, 0.15) is 26.2 Å². The first kappa shape index (κ1) is 19.6. The number of H-pyrrole nitrogens is 1. The first-order chi connectivity index (χ1) is 13.6. The van der Waals surface area contributed by atoms with E-state index in [4.69, 9.17) is 0 Å². The molecule has 0 atom stereocenters. The molecule has 2 aromatic heterocycles. The van der Waals surface area contributed by atoms with E-state index in [1.807, 2.05) is 24.4 Å². The number of rotatable bonds is 7. The highest BCUT2D eigenvalue weighted by Gasteiger charge is 2.27. The topological polar surface area (TPSA) is 87.8 Å². The van der Waals surface area contributed by atoms with Crippen molar-refractivity contribution in [1.82, 2.24) is 13.7 Å². The molecule has 3 rings (SSSR count). The van der Waals surface area contributed by atoms with Crippen LogP contribution in [-0.4, -0.2) is 39.9 Å². The molecule has 0 spiro atoms. The molecule has 1 aliphatic rings. The van der Waals surface area contributed by atoms with Crippen LogP contribution in [0.4, 0.5) is 5.82 Å². The van der Waals surface area contributed by atoms with Gasteiger partial charge in [-0.05, 0) is 6.07 Å². The molecule has 1 fully saturated rings. The summed E-state index contributed by atoms with van der Waals surface area (Å²) in [6, 6.07) is 5.94. The van der Waals surface area contributed by atoms with Crippen LogP contribution in [0.1, 0.15) is 0 Å². The number of hydrogen-bond acceptors (Lipinski definition) is 4. The average Bonchev–Trinajstić information content (AvgIpc) is 2.73. The number of aromatic amines is 1. The summed E-state index contributed by atoms with van der Waals surface area (Å²) in [6.45, 7) is 10.7. The van der Waals surface area contributed by atoms with Crippen molar-refractivity contribution in [1.29, 1.82) is 0 Å². The molecular formula is C19H26N6O3+2. The van der Waals surface area contributed by atoms with Gasteiger partial charge in [-0.1, -0.05) is 18.2 Å². The molecule has 28 heavy (non-hydrogen) atoms. The second-order valence-corrected chi connectivity index (χ2v) is 6.72. The molecule has 148 valence electrons. The summed E-state index contributed by atoms with van der Waals surface area (Å²) in [6.07, 6.45) is 4.83. The van der Waals surface area contributed by atoms with E-state index in [0.717, 1.165) is 50.6 Å². The number of anilines is 1. The van der Waals surface area contributed by atoms with E-state index >= 15 is 0 Å². The summed E-state index contributed by atoms with van der Waals surface area (Å²) in [5.41, 5.74) is -1.83. The summed E-state index contributed by atoms with van der Waals surface area (Å²) >= 11 is 0. The summed E-state index contributed by atoms with van der Waals surface area (Å²) in [5, 5.41) is 0. The largest absolute Gasteiger partial charge is 0.341 e. The molecular weight excluding hydrogens is 360 g/mol. The van der Waals surface area contributed by atoms with Gasteiger partial charge in [0.05, 0.1) is 19.3 Å². The Hall–Kier alpha value is -3.20. The maximum absolute atomic E-state index is 12.7. The molecule has 0 aliphatic carbocycles. The van der Waals surface area contributed by atoms with Crippen LogP contribution in [0, 0.1) is 0 Å². The number of nitrogens with zero attached hydrogens (tertiary/aromatic N) is 4. The Bertz CT molecular complexity index is 964. The predicted molar refractivity (Wildman–Crippen MR) is 106 cm³/mol. The molecule has 0 saturated carbocycles. The normalized spacial score (nSPS) is 14.8. The van der Waals surface area contributed by atoms with Crippen LogP contribution >= 0.6 is 0 Å². The summed E-state index contributed by atoms with van der Waals surface area (Å²) in [4.78, 5) is 44.5. The van der Waals surface area contributed by atoms with Gasteiger partial charge in [-0.3, -0.25) is 4.90 Å². The van der Waals surface area contributed by atoms with Gasteiger partial charge >= 0.3 is 17.1 Å². The molecule has 0 bridgehead atoms. The summed E-state index contributed by atoms with van der Waals surface area (Å²) in [5.74, 6) is 1.05. The molecule has 1 saturated heterocycles. The number of hydrogen-bond donors (Lipinski definition) is 1. The Morgan fingerprint density at radius 1 is 0.929 bits per heavy atom. The smallest absolute Gasteiger partial charge is 0.311 e. The van der Waals surface area contributed by atoms with Gasteiger partial charge in [0.25, 0.3) is 5.82 Å². The third kappa shape index (κ3) is 3.89. The van der Waals surface area contributed by atoms with Crippen molar-refractivity contribution in [3.8, 4) is 0 Å². The van der Waals surface area contributed by atoms with Crippen molar-refractivity contribution in [2.75, 3.05) is 31.1 Å². The standard InChI is InChI=1S/C19H24N6O3/c1-3-9-23-17(26)24(10-4-2)19(28)25(18(23)27)15-21-11-13-22(14-12-21)16-7-5-6-8-20-16/h3-8H,1-2,9-15H2/p+2. The highest BCUT2D eigenvalue weighted by atomic mass is 16.2. The highest BCUT2D eigenvalue weighted by molar-refractivity contribution is 5.31. The van der Waals surface area contributed by atoms with E-state index in [2.05, 4.69) is 23.0 Å². The molecule has 9 nitrogen and oxygen atoms in total. The molecule has 0 amide bonds. The monoisotopic (exact) mass is 386 g/mol. The lowest BCUT2D eigenvalue weighted by Crippen LogP contribution is -3.14. The van der Waals surface area contributed by atoms with Gasteiger partial charge in [0.2, 0.25) is 0 Å². The number of nitrogens with one attached hydrogen (secondary N) is 2. The third-order valence-electron chi connectivity index (χ3n) is 4.89. The predicted octanol–water partition coefficient (Wildman–Crippen LogP) is -2.28. The van der Waals surface area contributed by atoms with Crippen molar-refractivity contribution in [3.05, 3.63) is 81.2 Å². The van der Waals surface area contributed by atoms with Crippen LogP contribution in [0.3, 0.4) is 0 Å². The lowest BCUT2D eigenvalue weighted by molar-refractivity contribution is -0.923. The van der Waals surface area contributed by atoms with E-state index in [9.17, 15) is 14.4 Å². The Morgan fingerprint density at radius 2 is 1.50 bits per heavy atom. The SMILES string of the molecule is C=CCn1c(=O)n(CC=C)c(=O)n(C[NH+]2CCN(c3cccc[nH+]3)CC2)c1=O. The zero-order valence-corrected chi connectivity index (χ0v) is 15.8. The number of quaternary nitrogens is 1. The summed E-state index contributed by atoms with van der Waals surface area (Å²) in [7, 11) is 0. The molecule has 2 N–H and O–H groups in total. The van der Waals surface area contributed by atoms with Gasteiger partial charge < -0.3 is 4.90 Å². The van der Waals surface area contributed by atoms with E-state index < -0.39 is 17.1 Å². The zero-order chi connectivity index (χ0) is 20.1. The van der Waals surface area contributed by atoms with Gasteiger partial charge in [-0.2, -0.15) is 4.57 Å². The lowest BCUT2D eigenvalue weighted by Gasteiger charge is -2.28. The van der Waals surface area contributed by atoms with Crippen molar-refractivity contribution >= 4 is 5.82 Å². The van der Waals surface area contributed by atoms with Gasteiger partial charge in [0.15, 0.2) is 6.67 Å². The Balaban J connectivity index is 1.83. The molecule has 3 heterocycles. The first-order valence-electron chi connectivity index (χ1n) is 9.28. The number of piperazine rings is 1. The Morgan fingerprint density at radius 3 is 2.00 bits per heavy atom. The highest BCUT2D eigenvalue weighted by Crippen LogP contribution is 2.04. The van der Waals surface area contributed by atoms with Gasteiger partial charge in [-0.25, -0.2) is 28.5 Å². The minimum atomic E-state index is -0.634. The third-order valence-corrected chi connectivity index (χ3v) is 4.89. The number of pyridine rings is 1. The lowest BCUT2D eigenvalue weighted by atomic mass is 10.3. The van der Waals surface area contributed by atoms with Crippen molar-refractivity contribution in [2.45, 2.75) is 19.8 Å². The fourth-order valence-corrected chi connectivity index (χ4v) is 3.41. The minimum absolute atomic E-state index is 0.0576. The molecule has 2 aromatic rings. The van der Waals surface area contributed by atoms with Crippen molar-refractivity contribution < 1.29 is 9.88 Å². The van der Waals surface area contributed by atoms with Crippen LogP contribution in [0.5, 0.6) is 0 Å². The molecule has 9 heteroatoms. The maximum atomic E-state index is 12.7. The van der Waals surface area contributed by atoms with E-state index in [-0.39, 0.29) is 19.8 Å². The number of aromatic nitrogens is 4. The van der Waals surface area contributed by atoms with E-state index in [1.165, 1.54) is 12.2 Å². The molecule has 0 unspecified atom stereocenters. The average molecular weight is 386 g/mol. The quantitative estimate of drug-likeness (QED) is 0.543. The zero-order valence-electron chi connectivity index (χ0n) is 15.8. The second-order valence-electron chi connectivity index (χ2n) is 6.72. The maximum Gasteiger partial charge on any atom is 0.341 e. The van der Waals surface area contributed by atoms with Crippen LogP contribution in [0.15, 0.2) is 64.1 Å². The Labute approximate surface area is 162 Å². The van der Waals surface area contributed by atoms with E-state index in [0.29, 0.717) is 0 Å². The minimum Gasteiger partial charge on any atom is -0.311 e. The van der Waals surface area contributed by atoms with Gasteiger partial charge in [-0.15, -0.1) is 13.2 Å². The van der Waals surface area contributed by atoms with Crippen molar-refractivity contribution in [2.24, 2.45) is 0 Å². The first-order valence-corrected chi connectivity index (χ1v) is 9.28. The molecule has 0 aromatic carbocycles. The molecule has 0 radical (unpaired) electrons. The van der Waals surface area contributed by atoms with Crippen molar-refractivity contribution in [3.63, 3.8) is 0 Å². The van der Waals surface area contributed by atoms with Gasteiger partial charge in [0, 0.05) is 6.07 Å². The van der Waals surface area contributed by atoms with Crippen LogP contribution in [0.25, 0.3) is 0 Å². The molecule has 1 aliphatic heterocycles. The summed E-state index contributed by atoms with van der Waals surface area (Å²) < 4.78 is 3.22. The van der Waals surface area contributed by atoms with Crippen LogP contribution in [0.2, 0.25) is 0 Å². The number of allylic oxidation sites excluding steroid dienone is 2. The van der Waals surface area contributed by atoms with Crippen LogP contribution < -0.4 is 31.9 Å². The van der Waals surface area contributed by atoms with Crippen LogP contribution in [-0.2, 0) is 19.8 Å². The second kappa shape index (κ2) is 8.66. The fraction of sp³-hybridized carbons (Fsp3) is 0.368. The fourth-order valence-electron chi connectivity index (χ4n) is 3.41. The van der Waals surface area contributed by atoms with E-state index in [1.54, 1.807) is 0 Å².